The highest BCUT2D eigenvalue weighted by Gasteiger charge is 2.33. The van der Waals surface area contributed by atoms with Crippen molar-refractivity contribution in [2.45, 2.75) is 18.4 Å². The molecule has 0 spiro atoms. The lowest BCUT2D eigenvalue weighted by atomic mass is 9.84. The van der Waals surface area contributed by atoms with E-state index in [1.807, 2.05) is 36.4 Å². The molecule has 0 aliphatic carbocycles. The Kier molecular flexibility index (Phi) is 3.82. The Morgan fingerprint density at radius 1 is 1.21 bits per heavy atom. The first-order chi connectivity index (χ1) is 11.7. The monoisotopic (exact) mass is 337 g/mol. The first kappa shape index (κ1) is 15.0. The summed E-state index contributed by atoms with van der Waals surface area (Å²) in [5.41, 5.74) is 3.06. The molecule has 0 fully saturated rings. The standard InChI is InChI=1S/C19H16ClN3O/c20-14-6-7-17-15(10-14)16(19(24)23-9-8-21-12-23)11-18(22-17)13-4-2-1-3-5-13/h1-10,12,16,18,22H,11H2. The van der Waals surface area contributed by atoms with Crippen molar-refractivity contribution in [3.05, 3.63) is 83.4 Å². The van der Waals surface area contributed by atoms with E-state index in [0.717, 1.165) is 11.3 Å². The van der Waals surface area contributed by atoms with Crippen LogP contribution < -0.4 is 5.32 Å². The number of benzene rings is 2. The van der Waals surface area contributed by atoms with Crippen molar-refractivity contribution in [3.63, 3.8) is 0 Å². The van der Waals surface area contributed by atoms with Crippen molar-refractivity contribution in [1.82, 2.24) is 9.55 Å². The van der Waals surface area contributed by atoms with Crippen molar-refractivity contribution in [3.8, 4) is 0 Å². The van der Waals surface area contributed by atoms with Crippen molar-refractivity contribution in [2.75, 3.05) is 5.32 Å². The number of imidazole rings is 1. The lowest BCUT2D eigenvalue weighted by Crippen LogP contribution is -2.28. The van der Waals surface area contributed by atoms with Gasteiger partial charge in [-0.2, -0.15) is 0 Å². The second-order valence-corrected chi connectivity index (χ2v) is 6.37. The Hall–Kier alpha value is -2.59. The molecular formula is C19H16ClN3O. The van der Waals surface area contributed by atoms with E-state index < -0.39 is 0 Å². The molecule has 3 aromatic rings. The maximum absolute atomic E-state index is 13.0. The Balaban J connectivity index is 1.76. The number of aromatic nitrogens is 2. The molecule has 0 saturated carbocycles. The van der Waals surface area contributed by atoms with Gasteiger partial charge in [-0.15, -0.1) is 0 Å². The summed E-state index contributed by atoms with van der Waals surface area (Å²) in [6, 6.07) is 15.9. The van der Waals surface area contributed by atoms with Crippen molar-refractivity contribution < 1.29 is 4.79 Å². The fourth-order valence-electron chi connectivity index (χ4n) is 3.27. The fraction of sp³-hybridized carbons (Fsp3) is 0.158. The smallest absolute Gasteiger partial charge is 0.239 e. The van der Waals surface area contributed by atoms with Crippen LogP contribution in [0.15, 0.2) is 67.3 Å². The third-order valence-electron chi connectivity index (χ3n) is 4.45. The van der Waals surface area contributed by atoms with Gasteiger partial charge in [-0.25, -0.2) is 4.98 Å². The van der Waals surface area contributed by atoms with E-state index in [4.69, 9.17) is 11.6 Å². The highest BCUT2D eigenvalue weighted by Crippen LogP contribution is 2.41. The van der Waals surface area contributed by atoms with Crippen LogP contribution in [0.25, 0.3) is 0 Å². The number of anilines is 1. The molecule has 4 nitrogen and oxygen atoms in total. The maximum Gasteiger partial charge on any atom is 0.239 e. The minimum Gasteiger partial charge on any atom is -0.378 e. The minimum atomic E-state index is -0.264. The second kappa shape index (κ2) is 6.13. The number of halogens is 1. The van der Waals surface area contributed by atoms with Crippen LogP contribution in [0.4, 0.5) is 5.69 Å². The first-order valence-corrected chi connectivity index (χ1v) is 8.23. The summed E-state index contributed by atoms with van der Waals surface area (Å²) in [7, 11) is 0. The van der Waals surface area contributed by atoms with Gasteiger partial charge in [0.1, 0.15) is 6.33 Å². The predicted molar refractivity (Wildman–Crippen MR) is 94.5 cm³/mol. The molecule has 24 heavy (non-hydrogen) atoms. The van der Waals surface area contributed by atoms with Gasteiger partial charge in [-0.05, 0) is 35.7 Å². The number of hydrogen-bond acceptors (Lipinski definition) is 3. The molecule has 1 aliphatic rings. The Morgan fingerprint density at radius 3 is 2.79 bits per heavy atom. The van der Waals surface area contributed by atoms with Gasteiger partial charge >= 0.3 is 0 Å². The summed E-state index contributed by atoms with van der Waals surface area (Å²) >= 11 is 6.17. The van der Waals surface area contributed by atoms with Crippen LogP contribution in [-0.2, 0) is 0 Å². The summed E-state index contributed by atoms with van der Waals surface area (Å²) in [6.07, 6.45) is 5.53. The van der Waals surface area contributed by atoms with Gasteiger partial charge in [0.05, 0.1) is 12.0 Å². The molecule has 2 heterocycles. The van der Waals surface area contributed by atoms with Crippen molar-refractivity contribution in [2.24, 2.45) is 0 Å². The van der Waals surface area contributed by atoms with Crippen LogP contribution in [0.3, 0.4) is 0 Å². The van der Waals surface area contributed by atoms with Crippen molar-refractivity contribution >= 4 is 23.2 Å². The van der Waals surface area contributed by atoms with Crippen LogP contribution in [-0.4, -0.2) is 15.5 Å². The largest absolute Gasteiger partial charge is 0.378 e. The molecular weight excluding hydrogens is 322 g/mol. The number of carbonyl (C=O) groups excluding carboxylic acids is 1. The van der Waals surface area contributed by atoms with E-state index >= 15 is 0 Å². The third kappa shape index (κ3) is 2.69. The van der Waals surface area contributed by atoms with Crippen LogP contribution in [0.1, 0.15) is 34.3 Å². The number of carbonyl (C=O) groups is 1. The van der Waals surface area contributed by atoms with Gasteiger partial charge in [0.2, 0.25) is 5.91 Å². The quantitative estimate of drug-likeness (QED) is 0.748. The molecule has 0 saturated heterocycles. The third-order valence-corrected chi connectivity index (χ3v) is 4.68. The first-order valence-electron chi connectivity index (χ1n) is 7.85. The molecule has 1 aromatic heterocycles. The number of nitrogens with zero attached hydrogens (tertiary/aromatic N) is 2. The normalized spacial score (nSPS) is 19.4. The molecule has 2 aromatic carbocycles. The van der Waals surface area contributed by atoms with E-state index in [9.17, 15) is 4.79 Å². The summed E-state index contributed by atoms with van der Waals surface area (Å²) in [5.74, 6) is -0.252. The molecule has 1 aliphatic heterocycles. The molecule has 0 radical (unpaired) electrons. The lowest BCUT2D eigenvalue weighted by molar-refractivity contribution is 0.0867. The molecule has 1 N–H and O–H groups in total. The number of rotatable bonds is 2. The minimum absolute atomic E-state index is 0.0125. The van der Waals surface area contributed by atoms with Gasteiger partial charge in [-0.1, -0.05) is 41.9 Å². The van der Waals surface area contributed by atoms with Crippen LogP contribution in [0, 0.1) is 0 Å². The zero-order chi connectivity index (χ0) is 16.5. The zero-order valence-electron chi connectivity index (χ0n) is 12.9. The Bertz CT molecular complexity index is 862. The highest BCUT2D eigenvalue weighted by atomic mass is 35.5. The molecule has 0 amide bonds. The fourth-order valence-corrected chi connectivity index (χ4v) is 3.45. The van der Waals surface area contributed by atoms with Gasteiger partial charge in [0.15, 0.2) is 0 Å². The SMILES string of the molecule is O=C(C1CC(c2ccccc2)Nc2ccc(Cl)cc21)n1ccnc1. The van der Waals surface area contributed by atoms with E-state index in [1.165, 1.54) is 5.56 Å². The van der Waals surface area contributed by atoms with E-state index in [-0.39, 0.29) is 17.9 Å². The number of hydrogen-bond donors (Lipinski definition) is 1. The lowest BCUT2D eigenvalue weighted by Gasteiger charge is -2.33. The average Bonchev–Trinajstić information content (AvgIpc) is 3.15. The molecule has 4 rings (SSSR count). The molecule has 2 atom stereocenters. The molecule has 0 bridgehead atoms. The zero-order valence-corrected chi connectivity index (χ0v) is 13.6. The maximum atomic E-state index is 13.0. The van der Waals surface area contributed by atoms with Gasteiger partial charge in [0, 0.05) is 23.1 Å². The van der Waals surface area contributed by atoms with Crippen LogP contribution >= 0.6 is 11.6 Å². The summed E-state index contributed by atoms with van der Waals surface area (Å²) in [5, 5.41) is 4.17. The van der Waals surface area contributed by atoms with Crippen LogP contribution in [0.5, 0.6) is 0 Å². The molecule has 2 unspecified atom stereocenters. The van der Waals surface area contributed by atoms with Crippen LogP contribution in [0.2, 0.25) is 5.02 Å². The van der Waals surface area contributed by atoms with E-state index in [2.05, 4.69) is 22.4 Å². The topological polar surface area (TPSA) is 46.9 Å². The van der Waals surface area contributed by atoms with E-state index in [1.54, 1.807) is 23.3 Å². The summed E-state index contributed by atoms with van der Waals surface area (Å²) in [6.45, 7) is 0. The van der Waals surface area contributed by atoms with Gasteiger partial charge < -0.3 is 5.32 Å². The highest BCUT2D eigenvalue weighted by molar-refractivity contribution is 6.30. The predicted octanol–water partition coefficient (Wildman–Crippen LogP) is 4.52. The van der Waals surface area contributed by atoms with Gasteiger partial charge in [0.25, 0.3) is 0 Å². The van der Waals surface area contributed by atoms with Crippen molar-refractivity contribution in [1.29, 1.82) is 0 Å². The Labute approximate surface area is 145 Å². The van der Waals surface area contributed by atoms with Gasteiger partial charge in [-0.3, -0.25) is 9.36 Å². The average molecular weight is 338 g/mol. The summed E-state index contributed by atoms with van der Waals surface area (Å²) in [4.78, 5) is 17.0. The number of fused-ring (bicyclic) bond motifs is 1. The summed E-state index contributed by atoms with van der Waals surface area (Å²) < 4.78 is 1.54. The Morgan fingerprint density at radius 2 is 2.04 bits per heavy atom. The number of nitrogens with one attached hydrogen (secondary N) is 1. The second-order valence-electron chi connectivity index (χ2n) is 5.94. The molecule has 5 heteroatoms. The van der Waals surface area contributed by atoms with E-state index in [0.29, 0.717) is 11.4 Å². The molecule has 120 valence electrons.